The van der Waals surface area contributed by atoms with Crippen LogP contribution in [-0.4, -0.2) is 36.0 Å². The van der Waals surface area contributed by atoms with Crippen LogP contribution in [0.3, 0.4) is 0 Å². The van der Waals surface area contributed by atoms with Gasteiger partial charge in [0.15, 0.2) is 0 Å². The average Bonchev–Trinajstić information content (AvgIpc) is 2.30. The third-order valence-electron chi connectivity index (χ3n) is 2.68. The third kappa shape index (κ3) is 5.72. The number of hydrogen-bond acceptors (Lipinski definition) is 4. The van der Waals surface area contributed by atoms with E-state index in [4.69, 9.17) is 0 Å². The minimum Gasteiger partial charge on any atom is -0.447 e. The van der Waals surface area contributed by atoms with E-state index in [0.717, 1.165) is 13.8 Å². The molecule has 0 aromatic carbocycles. The van der Waals surface area contributed by atoms with Gasteiger partial charge >= 0.3 is 24.3 Å². The van der Waals surface area contributed by atoms with Crippen molar-refractivity contribution < 1.29 is 45.4 Å². The van der Waals surface area contributed by atoms with Crippen molar-refractivity contribution in [2.24, 2.45) is 5.92 Å². The van der Waals surface area contributed by atoms with E-state index in [9.17, 15) is 35.9 Å². The van der Waals surface area contributed by atoms with Crippen LogP contribution in [0.1, 0.15) is 34.1 Å². The Bertz CT molecular complexity index is 399. The molecule has 0 saturated heterocycles. The van der Waals surface area contributed by atoms with E-state index < -0.39 is 41.9 Å². The highest BCUT2D eigenvalue weighted by Crippen LogP contribution is 2.36. The van der Waals surface area contributed by atoms with Gasteiger partial charge in [0.25, 0.3) is 6.10 Å². The summed E-state index contributed by atoms with van der Waals surface area (Å²) in [5.41, 5.74) is -2.28. The van der Waals surface area contributed by atoms with Crippen molar-refractivity contribution in [2.75, 3.05) is 0 Å². The molecule has 0 N–H and O–H groups in total. The zero-order chi connectivity index (χ0) is 17.9. The van der Waals surface area contributed by atoms with E-state index in [2.05, 4.69) is 9.47 Å². The summed E-state index contributed by atoms with van der Waals surface area (Å²) in [6.45, 7) is 4.73. The molecular weight excluding hydrogens is 322 g/mol. The van der Waals surface area contributed by atoms with Gasteiger partial charge in [-0.05, 0) is 20.3 Å². The molecule has 0 spiro atoms. The molecule has 4 nitrogen and oxygen atoms in total. The van der Waals surface area contributed by atoms with Gasteiger partial charge < -0.3 is 9.47 Å². The molecule has 0 aliphatic heterocycles. The Labute approximate surface area is 122 Å². The van der Waals surface area contributed by atoms with Gasteiger partial charge in [-0.25, -0.2) is 4.79 Å². The molecule has 0 rings (SSSR count). The highest BCUT2D eigenvalue weighted by atomic mass is 19.4. The first-order valence-corrected chi connectivity index (χ1v) is 6.20. The first-order chi connectivity index (χ1) is 9.63. The molecule has 0 bridgehead atoms. The first kappa shape index (κ1) is 20.5. The molecule has 0 aromatic heterocycles. The largest absolute Gasteiger partial charge is 0.447 e. The summed E-state index contributed by atoms with van der Waals surface area (Å²) in [6, 6.07) is 0. The zero-order valence-corrected chi connectivity index (χ0v) is 12.3. The van der Waals surface area contributed by atoms with Gasteiger partial charge in [-0.15, -0.1) is 0 Å². The van der Waals surface area contributed by atoms with Crippen molar-refractivity contribution in [1.29, 1.82) is 0 Å². The normalized spacial score (nSPS) is 14.7. The summed E-state index contributed by atoms with van der Waals surface area (Å²) in [5, 5.41) is 0. The molecule has 0 heterocycles. The number of hydrogen-bond donors (Lipinski definition) is 0. The van der Waals surface area contributed by atoms with Gasteiger partial charge in [0.1, 0.15) is 0 Å². The molecule has 1 atom stereocenters. The van der Waals surface area contributed by atoms with Crippen LogP contribution in [0.15, 0.2) is 0 Å². The number of alkyl halides is 6. The van der Waals surface area contributed by atoms with E-state index in [1.54, 1.807) is 6.92 Å². The second kappa shape index (κ2) is 6.74. The molecule has 0 amide bonds. The lowest BCUT2D eigenvalue weighted by Gasteiger charge is -2.29. The number of carbonyl (C=O) groups is 2. The summed E-state index contributed by atoms with van der Waals surface area (Å²) >= 11 is 0. The fourth-order valence-corrected chi connectivity index (χ4v) is 1.13. The van der Waals surface area contributed by atoms with Gasteiger partial charge in [0.05, 0.1) is 5.92 Å². The van der Waals surface area contributed by atoms with Gasteiger partial charge in [-0.1, -0.05) is 13.8 Å². The van der Waals surface area contributed by atoms with E-state index in [-0.39, 0.29) is 0 Å². The van der Waals surface area contributed by atoms with Crippen LogP contribution in [0.5, 0.6) is 0 Å². The molecule has 0 radical (unpaired) electrons. The molecular formula is C12H16F6O4. The van der Waals surface area contributed by atoms with Gasteiger partial charge in [0.2, 0.25) is 5.60 Å². The smallest absolute Gasteiger partial charge is 0.434 e. The van der Waals surface area contributed by atoms with Crippen molar-refractivity contribution in [1.82, 2.24) is 0 Å². The van der Waals surface area contributed by atoms with Crippen molar-refractivity contribution >= 4 is 11.9 Å². The SMILES string of the molecule is CCC(C)C(=O)OC(C)(C)C(=O)OC(C(F)(F)F)C(F)(F)F. The van der Waals surface area contributed by atoms with E-state index >= 15 is 0 Å². The highest BCUT2D eigenvalue weighted by molar-refractivity contribution is 5.83. The Kier molecular flexibility index (Phi) is 6.29. The van der Waals surface area contributed by atoms with Crippen molar-refractivity contribution in [3.8, 4) is 0 Å². The summed E-state index contributed by atoms with van der Waals surface area (Å²) in [5.74, 6) is -3.54. The Hall–Kier alpha value is -1.48. The van der Waals surface area contributed by atoms with E-state index in [1.807, 2.05) is 0 Å². The predicted molar refractivity (Wildman–Crippen MR) is 61.6 cm³/mol. The maximum atomic E-state index is 12.3. The average molecular weight is 338 g/mol. The molecule has 22 heavy (non-hydrogen) atoms. The second-order valence-electron chi connectivity index (χ2n) is 5.11. The van der Waals surface area contributed by atoms with Crippen LogP contribution < -0.4 is 0 Å². The summed E-state index contributed by atoms with van der Waals surface area (Å²) in [6.07, 6.45) is -15.6. The molecule has 0 aliphatic rings. The zero-order valence-electron chi connectivity index (χ0n) is 12.3. The highest BCUT2D eigenvalue weighted by Gasteiger charge is 2.60. The lowest BCUT2D eigenvalue weighted by Crippen LogP contribution is -2.50. The van der Waals surface area contributed by atoms with Crippen LogP contribution in [-0.2, 0) is 19.1 Å². The molecule has 0 fully saturated rings. The van der Waals surface area contributed by atoms with Gasteiger partial charge in [-0.2, -0.15) is 26.3 Å². The molecule has 10 heteroatoms. The molecule has 0 aliphatic carbocycles. The monoisotopic (exact) mass is 338 g/mol. The predicted octanol–water partition coefficient (Wildman–Crippen LogP) is 3.39. The van der Waals surface area contributed by atoms with Crippen molar-refractivity contribution in [2.45, 2.75) is 58.2 Å². The van der Waals surface area contributed by atoms with Crippen LogP contribution >= 0.6 is 0 Å². The first-order valence-electron chi connectivity index (χ1n) is 6.20. The molecule has 1 unspecified atom stereocenters. The quantitative estimate of drug-likeness (QED) is 0.570. The van der Waals surface area contributed by atoms with Gasteiger partial charge in [-0.3, -0.25) is 4.79 Å². The maximum absolute atomic E-state index is 12.3. The number of rotatable bonds is 5. The summed E-state index contributed by atoms with van der Waals surface area (Å²) in [4.78, 5) is 23.0. The van der Waals surface area contributed by atoms with Crippen molar-refractivity contribution in [3.05, 3.63) is 0 Å². The Morgan fingerprint density at radius 1 is 1.00 bits per heavy atom. The number of esters is 2. The number of carbonyl (C=O) groups excluding carboxylic acids is 2. The van der Waals surface area contributed by atoms with Crippen LogP contribution in [0.4, 0.5) is 26.3 Å². The van der Waals surface area contributed by atoms with Crippen LogP contribution in [0.25, 0.3) is 0 Å². The third-order valence-corrected chi connectivity index (χ3v) is 2.68. The Morgan fingerprint density at radius 2 is 1.41 bits per heavy atom. The lowest BCUT2D eigenvalue weighted by molar-refractivity contribution is -0.316. The molecule has 130 valence electrons. The fourth-order valence-electron chi connectivity index (χ4n) is 1.13. The fraction of sp³-hybridized carbons (Fsp3) is 0.833. The van der Waals surface area contributed by atoms with Crippen LogP contribution in [0, 0.1) is 5.92 Å². The van der Waals surface area contributed by atoms with E-state index in [0.29, 0.717) is 6.42 Å². The number of ether oxygens (including phenoxy) is 2. The Balaban J connectivity index is 5.12. The molecule has 0 aromatic rings. The standard InChI is InChI=1S/C12H16F6O4/c1-5-6(2)7(19)22-10(3,4)9(20)21-8(11(13,14)15)12(16,17)18/h6,8H,5H2,1-4H3. The minimum atomic E-state index is -5.83. The minimum absolute atomic E-state index is 0.317. The second-order valence-corrected chi connectivity index (χ2v) is 5.11. The summed E-state index contributed by atoms with van der Waals surface area (Å²) in [7, 11) is 0. The topological polar surface area (TPSA) is 52.6 Å². The van der Waals surface area contributed by atoms with E-state index in [1.165, 1.54) is 6.92 Å². The lowest BCUT2D eigenvalue weighted by atomic mass is 10.1. The van der Waals surface area contributed by atoms with Crippen LogP contribution in [0.2, 0.25) is 0 Å². The maximum Gasteiger partial charge on any atom is 0.434 e. The molecule has 0 saturated carbocycles. The summed E-state index contributed by atoms with van der Waals surface area (Å²) < 4.78 is 82.0. The number of halogens is 6. The van der Waals surface area contributed by atoms with Gasteiger partial charge in [0, 0.05) is 0 Å². The Morgan fingerprint density at radius 3 is 1.73 bits per heavy atom. The van der Waals surface area contributed by atoms with Crippen molar-refractivity contribution in [3.63, 3.8) is 0 Å².